The molecule has 156 valence electrons. The molecule has 1 aliphatic heterocycles. The summed E-state index contributed by atoms with van der Waals surface area (Å²) in [4.78, 5) is 9.22. The summed E-state index contributed by atoms with van der Waals surface area (Å²) in [7, 11) is -3.47. The van der Waals surface area contributed by atoms with Crippen LogP contribution < -0.4 is 0 Å². The van der Waals surface area contributed by atoms with Crippen LogP contribution in [0.3, 0.4) is 0 Å². The Labute approximate surface area is 183 Å². The van der Waals surface area contributed by atoms with E-state index in [0.717, 1.165) is 11.1 Å². The Morgan fingerprint density at radius 2 is 1.81 bits per heavy atom. The molecule has 31 heavy (non-hydrogen) atoms. The number of benzene rings is 1. The van der Waals surface area contributed by atoms with Crippen LogP contribution in [0.1, 0.15) is 12.1 Å². The molecule has 0 atom stereocenters. The summed E-state index contributed by atoms with van der Waals surface area (Å²) in [6.07, 6.45) is 5.65. The van der Waals surface area contributed by atoms with Crippen molar-refractivity contribution < 1.29 is 12.8 Å². The van der Waals surface area contributed by atoms with Gasteiger partial charge in [0.1, 0.15) is 5.69 Å². The minimum Gasteiger partial charge on any atom is -0.415 e. The lowest BCUT2D eigenvalue weighted by atomic mass is 10.1. The van der Waals surface area contributed by atoms with Crippen LogP contribution in [0.2, 0.25) is 0 Å². The Bertz CT molecular complexity index is 1330. The number of hydrogen-bond donors (Lipinski definition) is 0. The minimum atomic E-state index is -3.47. The molecule has 1 aromatic carbocycles. The summed E-state index contributed by atoms with van der Waals surface area (Å²) in [6, 6.07) is 11.1. The molecule has 1 aliphatic rings. The molecule has 0 saturated carbocycles. The molecule has 4 heterocycles. The SMILES string of the molecule is O=S(=O)(c1ccsc1)N1CC=C(c2cncc(-c3nnc(-c4ccccc4)o3)n2)CC1. The van der Waals surface area contributed by atoms with E-state index in [0.29, 0.717) is 35.1 Å². The number of nitrogens with zero attached hydrogens (tertiary/aromatic N) is 5. The fraction of sp³-hybridized carbons (Fsp3) is 0.143. The maximum absolute atomic E-state index is 12.7. The predicted octanol–water partition coefficient (Wildman–Crippen LogP) is 3.73. The zero-order valence-corrected chi connectivity index (χ0v) is 17.9. The van der Waals surface area contributed by atoms with E-state index in [-0.39, 0.29) is 12.4 Å². The molecule has 0 unspecified atom stereocenters. The molecule has 0 aliphatic carbocycles. The van der Waals surface area contributed by atoms with Crippen molar-refractivity contribution in [2.24, 2.45) is 0 Å². The summed E-state index contributed by atoms with van der Waals surface area (Å²) in [5, 5.41) is 11.6. The van der Waals surface area contributed by atoms with Crippen molar-refractivity contribution in [2.75, 3.05) is 13.1 Å². The van der Waals surface area contributed by atoms with Crippen molar-refractivity contribution in [3.63, 3.8) is 0 Å². The Morgan fingerprint density at radius 1 is 1.00 bits per heavy atom. The molecular formula is C21H17N5O3S2. The highest BCUT2D eigenvalue weighted by Crippen LogP contribution is 2.27. The largest absolute Gasteiger partial charge is 0.415 e. The smallest absolute Gasteiger partial charge is 0.268 e. The van der Waals surface area contributed by atoms with Crippen molar-refractivity contribution in [3.05, 3.63) is 71.3 Å². The van der Waals surface area contributed by atoms with Gasteiger partial charge in [0.05, 0.1) is 23.0 Å². The van der Waals surface area contributed by atoms with E-state index in [1.165, 1.54) is 15.6 Å². The number of aromatic nitrogens is 4. The molecule has 4 aromatic rings. The monoisotopic (exact) mass is 451 g/mol. The molecular weight excluding hydrogens is 434 g/mol. The Balaban J connectivity index is 1.37. The molecule has 0 saturated heterocycles. The van der Waals surface area contributed by atoms with Gasteiger partial charge in [0.2, 0.25) is 15.9 Å². The molecule has 0 N–H and O–H groups in total. The number of sulfonamides is 1. The highest BCUT2D eigenvalue weighted by molar-refractivity contribution is 7.89. The maximum atomic E-state index is 12.7. The van der Waals surface area contributed by atoms with Gasteiger partial charge >= 0.3 is 0 Å². The topological polar surface area (TPSA) is 102 Å². The Hall–Kier alpha value is -3.21. The molecule has 0 spiro atoms. The molecule has 5 rings (SSSR count). The lowest BCUT2D eigenvalue weighted by molar-refractivity contribution is 0.441. The number of thiophene rings is 1. The van der Waals surface area contributed by atoms with E-state index in [2.05, 4.69) is 20.2 Å². The van der Waals surface area contributed by atoms with Crippen LogP contribution in [0.5, 0.6) is 0 Å². The van der Waals surface area contributed by atoms with Gasteiger partial charge in [-0.1, -0.05) is 24.3 Å². The number of hydrogen-bond acceptors (Lipinski definition) is 8. The summed E-state index contributed by atoms with van der Waals surface area (Å²) in [6.45, 7) is 0.673. The first kappa shape index (κ1) is 19.7. The fourth-order valence-corrected chi connectivity index (χ4v) is 5.69. The fourth-order valence-electron chi connectivity index (χ4n) is 3.30. The third-order valence-corrected chi connectivity index (χ3v) is 7.63. The Morgan fingerprint density at radius 3 is 2.55 bits per heavy atom. The standard InChI is InChI=1S/C21H17N5O3S2/c27-31(28,17-8-11-30-14-17)26-9-6-15(7-10-26)18-12-22-13-19(23-18)21-25-24-20(29-21)16-4-2-1-3-5-16/h1-6,8,11-14H,7,9-10H2. The van der Waals surface area contributed by atoms with Crippen molar-refractivity contribution >= 4 is 26.9 Å². The second-order valence-electron chi connectivity index (χ2n) is 6.87. The van der Waals surface area contributed by atoms with E-state index >= 15 is 0 Å². The first-order valence-corrected chi connectivity index (χ1v) is 11.9. The molecule has 0 fully saturated rings. The quantitative estimate of drug-likeness (QED) is 0.455. The second-order valence-corrected chi connectivity index (χ2v) is 9.59. The van der Waals surface area contributed by atoms with Crippen molar-refractivity contribution in [1.82, 2.24) is 24.5 Å². The van der Waals surface area contributed by atoms with E-state index < -0.39 is 10.0 Å². The maximum Gasteiger partial charge on any atom is 0.268 e. The predicted molar refractivity (Wildman–Crippen MR) is 116 cm³/mol. The van der Waals surface area contributed by atoms with Gasteiger partial charge in [-0.3, -0.25) is 4.98 Å². The van der Waals surface area contributed by atoms with E-state index in [1.54, 1.807) is 29.2 Å². The lowest BCUT2D eigenvalue weighted by Crippen LogP contribution is -2.34. The highest BCUT2D eigenvalue weighted by atomic mass is 32.2. The lowest BCUT2D eigenvalue weighted by Gasteiger charge is -2.25. The van der Waals surface area contributed by atoms with Crippen LogP contribution in [-0.2, 0) is 10.0 Å². The zero-order valence-electron chi connectivity index (χ0n) is 16.2. The minimum absolute atomic E-state index is 0.284. The highest BCUT2D eigenvalue weighted by Gasteiger charge is 2.27. The van der Waals surface area contributed by atoms with E-state index in [4.69, 9.17) is 4.42 Å². The number of rotatable bonds is 5. The average molecular weight is 452 g/mol. The van der Waals surface area contributed by atoms with Crippen LogP contribution >= 0.6 is 11.3 Å². The first-order chi connectivity index (χ1) is 15.1. The zero-order chi connectivity index (χ0) is 21.3. The van der Waals surface area contributed by atoms with Gasteiger partial charge in [-0.25, -0.2) is 13.4 Å². The Kier molecular flexibility index (Phi) is 5.18. The van der Waals surface area contributed by atoms with Gasteiger partial charge in [-0.05, 0) is 35.6 Å². The van der Waals surface area contributed by atoms with Crippen LogP contribution in [0.25, 0.3) is 28.6 Å². The van der Waals surface area contributed by atoms with Crippen LogP contribution in [0.15, 0.2) is 74.9 Å². The van der Waals surface area contributed by atoms with Gasteiger partial charge in [0, 0.05) is 24.0 Å². The van der Waals surface area contributed by atoms with Gasteiger partial charge in [-0.15, -0.1) is 10.2 Å². The third-order valence-electron chi connectivity index (χ3n) is 4.93. The summed E-state index contributed by atoms with van der Waals surface area (Å²) in [5.74, 6) is 0.695. The second kappa shape index (κ2) is 8.14. The summed E-state index contributed by atoms with van der Waals surface area (Å²) < 4.78 is 32.6. The van der Waals surface area contributed by atoms with Gasteiger partial charge in [0.25, 0.3) is 5.89 Å². The normalized spacial score (nSPS) is 15.0. The van der Waals surface area contributed by atoms with Crippen molar-refractivity contribution in [1.29, 1.82) is 0 Å². The van der Waals surface area contributed by atoms with E-state index in [1.807, 2.05) is 36.4 Å². The van der Waals surface area contributed by atoms with E-state index in [9.17, 15) is 8.42 Å². The molecule has 8 nitrogen and oxygen atoms in total. The molecule has 0 amide bonds. The van der Waals surface area contributed by atoms with Crippen molar-refractivity contribution in [3.8, 4) is 23.0 Å². The van der Waals surface area contributed by atoms with Crippen molar-refractivity contribution in [2.45, 2.75) is 11.3 Å². The first-order valence-electron chi connectivity index (χ1n) is 9.54. The van der Waals surface area contributed by atoms with Gasteiger partial charge in [0.15, 0.2) is 0 Å². The van der Waals surface area contributed by atoms with Crippen LogP contribution in [0.4, 0.5) is 0 Å². The average Bonchev–Trinajstić information content (AvgIpc) is 3.53. The molecule has 3 aromatic heterocycles. The molecule has 0 radical (unpaired) electrons. The third kappa shape index (κ3) is 3.92. The van der Waals surface area contributed by atoms with Gasteiger partial charge in [-0.2, -0.15) is 15.6 Å². The molecule has 10 heteroatoms. The summed E-state index contributed by atoms with van der Waals surface area (Å²) in [5.41, 5.74) is 2.91. The van der Waals surface area contributed by atoms with Gasteiger partial charge < -0.3 is 4.42 Å². The summed E-state index contributed by atoms with van der Waals surface area (Å²) >= 11 is 1.37. The van der Waals surface area contributed by atoms with Crippen LogP contribution in [-0.4, -0.2) is 46.0 Å². The molecule has 0 bridgehead atoms. The van der Waals surface area contributed by atoms with Crippen LogP contribution in [0, 0.1) is 0 Å².